The molecule has 0 nitrogen and oxygen atoms in total. The van der Waals surface area contributed by atoms with Crippen LogP contribution in [0.1, 0.15) is 0 Å². The van der Waals surface area contributed by atoms with E-state index in [0.29, 0.717) is 0 Å². The van der Waals surface area contributed by atoms with Crippen molar-refractivity contribution in [1.82, 2.24) is 0 Å². The third kappa shape index (κ3) is 48.9. The molecule has 0 amide bonds. The van der Waals surface area contributed by atoms with Gasteiger partial charge in [-0.05, 0) is 6.92 Å². The number of rotatable bonds is 0. The van der Waals surface area contributed by atoms with Gasteiger partial charge in [-0.3, -0.25) is 0 Å². The second kappa shape index (κ2) is 31.3. The molecule has 0 bridgehead atoms. The number of hydrogen-bond donors (Lipinski definition) is 0. The van der Waals surface area contributed by atoms with Crippen molar-refractivity contribution in [2.24, 2.45) is 0 Å². The van der Waals surface area contributed by atoms with E-state index in [2.05, 4.69) is 13.5 Å². The number of allylic oxidation sites excluding steroid dienone is 1. The Morgan fingerprint density at radius 3 is 1.17 bits per heavy atom. The Balaban J connectivity index is -0.00000000667. The molecule has 0 unspecified atom stereocenters. The van der Waals surface area contributed by atoms with Gasteiger partial charge >= 0.3 is 0 Å². The molecule has 0 aromatic heterocycles. The molecule has 0 N–H and O–H groups in total. The molecule has 0 aromatic rings. The molecule has 0 spiro atoms. The van der Waals surface area contributed by atoms with E-state index < -0.39 is 0 Å². The fraction of sp³-hybridized carbons (Fsp3) is 0. The Morgan fingerprint density at radius 2 is 1.17 bits per heavy atom. The zero-order valence-corrected chi connectivity index (χ0v) is 8.92. The Morgan fingerprint density at radius 1 is 1.17 bits per heavy atom. The average Bonchev–Trinajstić information content (AvgIpc) is 0.918. The summed E-state index contributed by atoms with van der Waals surface area (Å²) in [4.78, 5) is 0. The van der Waals surface area contributed by atoms with Gasteiger partial charge in [0.2, 0.25) is 0 Å². The van der Waals surface area contributed by atoms with Crippen LogP contribution in [0.3, 0.4) is 0 Å². The summed E-state index contributed by atoms with van der Waals surface area (Å²) in [7, 11) is 0. The van der Waals surface area contributed by atoms with Crippen LogP contribution in [0, 0.1) is 6.92 Å². The van der Waals surface area contributed by atoms with E-state index in [1.54, 1.807) is 0 Å². The van der Waals surface area contributed by atoms with Crippen LogP contribution in [0.15, 0.2) is 12.7 Å². The van der Waals surface area contributed by atoms with Gasteiger partial charge in [-0.2, -0.15) is 0 Å². The summed E-state index contributed by atoms with van der Waals surface area (Å²) in [5.41, 5.74) is 0. The summed E-state index contributed by atoms with van der Waals surface area (Å²) >= 11 is 0. The van der Waals surface area contributed by atoms with Crippen LogP contribution in [0.4, 0.5) is 0 Å². The van der Waals surface area contributed by atoms with Crippen molar-refractivity contribution in [3.63, 3.8) is 0 Å². The molecule has 0 aliphatic carbocycles. The molecule has 0 heterocycles. The van der Waals surface area contributed by atoms with Crippen LogP contribution in [-0.4, -0.2) is 24.4 Å². The van der Waals surface area contributed by atoms with Crippen molar-refractivity contribution >= 4 is 24.4 Å². The van der Waals surface area contributed by atoms with Gasteiger partial charge in [0.25, 0.3) is 0 Å². The Bertz CT molecular complexity index is 16.3. The topological polar surface area (TPSA) is 0 Å². The van der Waals surface area contributed by atoms with Gasteiger partial charge in [-0.1, -0.05) is 6.08 Å². The molecule has 0 rings (SSSR count). The van der Waals surface area contributed by atoms with Crippen molar-refractivity contribution in [3.8, 4) is 0 Å². The van der Waals surface area contributed by atoms with Crippen molar-refractivity contribution < 1.29 is 34.0 Å². The van der Waals surface area contributed by atoms with E-state index in [-0.39, 0.29) is 58.4 Å². The summed E-state index contributed by atoms with van der Waals surface area (Å²) in [6, 6.07) is 0. The molecule has 0 aliphatic rings. The monoisotopic (exact) mass is 320 g/mol. The molecule has 0 atom stereocenters. The van der Waals surface area contributed by atoms with Gasteiger partial charge in [0.05, 0.1) is 0 Å². The van der Waals surface area contributed by atoms with Gasteiger partial charge in [0, 0.05) is 24.4 Å². The first-order valence-electron chi connectivity index (χ1n) is 0.816. The third-order valence-corrected chi connectivity index (χ3v) is 0. The first kappa shape index (κ1) is 25.8. The largest absolute Gasteiger partial charge is 1.00 e. The zero-order chi connectivity index (χ0) is 2.71. The molecule has 38 valence electrons. The van der Waals surface area contributed by atoms with Crippen LogP contribution in [0.25, 0.3) is 0 Å². The molecular formula is C3H5Br2Sb-2. The minimum Gasteiger partial charge on any atom is -1.00 e. The number of hydrogen-bond acceptors (Lipinski definition) is 0. The van der Waals surface area contributed by atoms with E-state index >= 15 is 0 Å². The fourth-order valence-corrected chi connectivity index (χ4v) is 0. The first-order chi connectivity index (χ1) is 1.41. The van der Waals surface area contributed by atoms with Crippen molar-refractivity contribution in [1.29, 1.82) is 0 Å². The van der Waals surface area contributed by atoms with Crippen molar-refractivity contribution in [2.45, 2.75) is 0 Å². The van der Waals surface area contributed by atoms with Gasteiger partial charge in [0.1, 0.15) is 0 Å². The SMILES string of the molecule is [Br-].[Br-].[CH2]C=C.[Sb]. The summed E-state index contributed by atoms with van der Waals surface area (Å²) < 4.78 is 0. The Kier molecular flexibility index (Phi) is 135. The maximum absolute atomic E-state index is 3.25. The quantitative estimate of drug-likeness (QED) is 0.391. The number of halogens is 2. The predicted molar refractivity (Wildman–Crippen MR) is 21.3 cm³/mol. The minimum absolute atomic E-state index is 0. The van der Waals surface area contributed by atoms with Crippen LogP contribution < -0.4 is 34.0 Å². The van der Waals surface area contributed by atoms with E-state index in [1.165, 1.54) is 6.08 Å². The van der Waals surface area contributed by atoms with Gasteiger partial charge in [0.15, 0.2) is 0 Å². The average molecular weight is 323 g/mol. The smallest absolute Gasteiger partial charge is 0 e. The van der Waals surface area contributed by atoms with Crippen molar-refractivity contribution in [3.05, 3.63) is 19.6 Å². The third-order valence-electron chi connectivity index (χ3n) is 0. The zero-order valence-electron chi connectivity index (χ0n) is 3.19. The van der Waals surface area contributed by atoms with Crippen LogP contribution in [0.2, 0.25) is 0 Å². The van der Waals surface area contributed by atoms with Gasteiger partial charge in [-0.25, -0.2) is 0 Å². The van der Waals surface area contributed by atoms with Crippen molar-refractivity contribution in [2.75, 3.05) is 0 Å². The Labute approximate surface area is 77.4 Å². The van der Waals surface area contributed by atoms with Gasteiger partial charge in [-0.15, -0.1) is 6.58 Å². The maximum atomic E-state index is 3.25. The summed E-state index contributed by atoms with van der Waals surface area (Å²) in [6.07, 6.45) is 1.50. The summed E-state index contributed by atoms with van der Waals surface area (Å²) in [5, 5.41) is 0. The van der Waals surface area contributed by atoms with Crippen LogP contribution >= 0.6 is 0 Å². The molecule has 0 fully saturated rings. The molecule has 4 radical (unpaired) electrons. The molecule has 3 heteroatoms. The molecule has 6 heavy (non-hydrogen) atoms. The van der Waals surface area contributed by atoms with E-state index in [1.807, 2.05) is 0 Å². The standard InChI is InChI=1S/C3H5.2BrH.Sb/c1-3-2;;;/h3H,1-2H2;2*1H;/p-2. The first-order valence-corrected chi connectivity index (χ1v) is 0.816. The Hall–Kier alpha value is 1.52. The summed E-state index contributed by atoms with van der Waals surface area (Å²) in [5.74, 6) is 0. The van der Waals surface area contributed by atoms with Crippen LogP contribution in [-0.2, 0) is 0 Å². The van der Waals surface area contributed by atoms with E-state index in [4.69, 9.17) is 0 Å². The molecular weight excluding hydrogens is 318 g/mol. The molecule has 0 saturated carbocycles. The van der Waals surface area contributed by atoms with Crippen LogP contribution in [0.5, 0.6) is 0 Å². The fourth-order valence-electron chi connectivity index (χ4n) is 0. The maximum Gasteiger partial charge on any atom is 0 e. The predicted octanol–water partition coefficient (Wildman–Crippen LogP) is -5.37. The molecule has 0 aliphatic heterocycles. The van der Waals surface area contributed by atoms with E-state index in [9.17, 15) is 0 Å². The second-order valence-corrected chi connectivity index (χ2v) is 0.289. The molecule has 0 saturated heterocycles. The normalized spacial score (nSPS) is 2.17. The molecule has 0 aromatic carbocycles. The summed E-state index contributed by atoms with van der Waals surface area (Å²) in [6.45, 7) is 6.50. The second-order valence-electron chi connectivity index (χ2n) is 0.289. The van der Waals surface area contributed by atoms with E-state index in [0.717, 1.165) is 0 Å². The minimum atomic E-state index is 0. The van der Waals surface area contributed by atoms with Gasteiger partial charge < -0.3 is 34.0 Å².